The van der Waals surface area contributed by atoms with Crippen molar-refractivity contribution in [3.05, 3.63) is 24.6 Å². The van der Waals surface area contributed by atoms with Gasteiger partial charge in [0, 0.05) is 0 Å². The second-order valence-corrected chi connectivity index (χ2v) is 11.8. The molecule has 0 unspecified atom stereocenters. The first-order valence-electron chi connectivity index (χ1n) is 3.80. The van der Waals surface area contributed by atoms with Gasteiger partial charge in [0.2, 0.25) is 0 Å². The van der Waals surface area contributed by atoms with Gasteiger partial charge >= 0.3 is 0 Å². The third kappa shape index (κ3) is 8.21. The molecule has 0 bridgehead atoms. The maximum atomic E-state index is 5.97. The van der Waals surface area contributed by atoms with Crippen LogP contribution >= 0.6 is 0 Å². The fourth-order valence-corrected chi connectivity index (χ4v) is 6.85. The Hall–Kier alpha value is -0.126. The van der Waals surface area contributed by atoms with Gasteiger partial charge in [0.25, 0.3) is 0 Å². The lowest BCUT2D eigenvalue weighted by molar-refractivity contribution is 0.571. The second-order valence-electron chi connectivity index (χ2n) is 3.72. The van der Waals surface area contributed by atoms with Gasteiger partial charge in [0.1, 0.15) is 0 Å². The summed E-state index contributed by atoms with van der Waals surface area (Å²) in [7, 11) is -3.16. The molecule has 13 heavy (non-hydrogen) atoms. The summed E-state index contributed by atoms with van der Waals surface area (Å²) >= 11 is 0. The summed E-state index contributed by atoms with van der Waals surface area (Å²) < 4.78 is 5.97. The molecule has 0 aliphatic rings. The van der Waals surface area contributed by atoms with Crippen molar-refractivity contribution in [2.45, 2.75) is 41.0 Å². The van der Waals surface area contributed by atoms with E-state index in [1.54, 1.807) is 0 Å². The van der Waals surface area contributed by atoms with Gasteiger partial charge in [-0.15, -0.1) is 13.2 Å². The Morgan fingerprint density at radius 2 is 1.08 bits per heavy atom. The number of rotatable bonds is 4. The van der Waals surface area contributed by atoms with Crippen molar-refractivity contribution in [1.82, 2.24) is 0 Å². The number of hydrogen-bond donors (Lipinski definition) is 0. The van der Waals surface area contributed by atoms with Crippen LogP contribution < -0.4 is 0 Å². The second kappa shape index (κ2) is 6.35. The number of hydrogen-bond acceptors (Lipinski definition) is 1. The largest absolute Gasteiger partial charge is 0.449 e. The van der Waals surface area contributed by atoms with E-state index in [4.69, 9.17) is 4.12 Å². The molecule has 0 aromatic heterocycles. The Kier molecular flexibility index (Phi) is 9.09. The maximum Gasteiger partial charge on any atom is 0.198 e. The highest BCUT2D eigenvalue weighted by atomic mass is 28.4. The van der Waals surface area contributed by atoms with Crippen LogP contribution in [-0.2, 0) is 4.12 Å². The first kappa shape index (κ1) is 18.6. The third-order valence-electron chi connectivity index (χ3n) is 1.51. The van der Waals surface area contributed by atoms with Crippen LogP contribution in [0.25, 0.3) is 0 Å². The van der Waals surface area contributed by atoms with Crippen molar-refractivity contribution in [2.75, 3.05) is 0 Å². The van der Waals surface area contributed by atoms with Gasteiger partial charge in [0.15, 0.2) is 16.6 Å². The molecule has 0 spiro atoms. The molecule has 0 N–H and O–H groups in total. The topological polar surface area (TPSA) is 9.23 Å². The quantitative estimate of drug-likeness (QED) is 0.645. The minimum absolute atomic E-state index is 0. The van der Waals surface area contributed by atoms with E-state index in [9.17, 15) is 0 Å². The smallest absolute Gasteiger partial charge is 0.198 e. The lowest BCUT2D eigenvalue weighted by atomic mass is 11.3. The van der Waals surface area contributed by atoms with Crippen LogP contribution in [0.15, 0.2) is 24.6 Å². The standard InChI is InChI=1S/C8H18OSi2.2CH4/c1-7-10(3,4)9-11(5,6)8-2;;/h7-8H,1-2H2,3-6H3;2*1H4. The van der Waals surface area contributed by atoms with E-state index in [1.165, 1.54) is 0 Å². The first-order chi connectivity index (χ1) is 4.83. The van der Waals surface area contributed by atoms with Gasteiger partial charge < -0.3 is 4.12 Å². The minimum atomic E-state index is -1.58. The molecule has 0 aromatic carbocycles. The van der Waals surface area contributed by atoms with Crippen molar-refractivity contribution in [3.63, 3.8) is 0 Å². The van der Waals surface area contributed by atoms with Crippen LogP contribution in [0.3, 0.4) is 0 Å². The van der Waals surface area contributed by atoms with Gasteiger partial charge in [-0.3, -0.25) is 0 Å². The van der Waals surface area contributed by atoms with Crippen LogP contribution in [0.4, 0.5) is 0 Å². The Labute approximate surface area is 86.8 Å². The van der Waals surface area contributed by atoms with Crippen molar-refractivity contribution < 1.29 is 4.12 Å². The van der Waals surface area contributed by atoms with Crippen molar-refractivity contribution in [2.24, 2.45) is 0 Å². The zero-order chi connectivity index (χ0) is 9.12. The fraction of sp³-hybridized carbons (Fsp3) is 0.600. The van der Waals surface area contributed by atoms with E-state index in [0.717, 1.165) is 0 Å². The zero-order valence-electron chi connectivity index (χ0n) is 7.98. The maximum absolute atomic E-state index is 5.97. The Bertz CT molecular complexity index is 144. The van der Waals surface area contributed by atoms with E-state index < -0.39 is 16.6 Å². The Morgan fingerprint density at radius 1 is 0.846 bits per heavy atom. The van der Waals surface area contributed by atoms with E-state index >= 15 is 0 Å². The van der Waals surface area contributed by atoms with Gasteiger partial charge in [-0.25, -0.2) is 0 Å². The van der Waals surface area contributed by atoms with Gasteiger partial charge in [-0.1, -0.05) is 26.3 Å². The van der Waals surface area contributed by atoms with Gasteiger partial charge in [-0.05, 0) is 26.2 Å². The molecule has 3 heteroatoms. The normalized spacial score (nSPS) is 10.8. The molecular formula is C10H26OSi2. The molecule has 0 radical (unpaired) electrons. The summed E-state index contributed by atoms with van der Waals surface area (Å²) in [6, 6.07) is 0. The predicted molar refractivity (Wildman–Crippen MR) is 69.9 cm³/mol. The highest BCUT2D eigenvalue weighted by Gasteiger charge is 2.27. The van der Waals surface area contributed by atoms with E-state index in [1.807, 2.05) is 11.4 Å². The van der Waals surface area contributed by atoms with E-state index in [2.05, 4.69) is 39.3 Å². The summed E-state index contributed by atoms with van der Waals surface area (Å²) in [5.74, 6) is 0. The molecule has 0 saturated carbocycles. The SMILES string of the molecule is C.C.C=C[Si](C)(C)O[Si](C)(C)C=C. The molecule has 0 aliphatic carbocycles. The summed E-state index contributed by atoms with van der Waals surface area (Å²) in [5, 5.41) is 0. The van der Waals surface area contributed by atoms with Crippen LogP contribution in [0, 0.1) is 0 Å². The molecule has 0 aromatic rings. The molecule has 0 atom stereocenters. The molecule has 0 amide bonds. The third-order valence-corrected chi connectivity index (χ3v) is 7.68. The zero-order valence-corrected chi connectivity index (χ0v) is 9.98. The van der Waals surface area contributed by atoms with Crippen LogP contribution in [0.2, 0.25) is 26.2 Å². The Balaban J connectivity index is -0.000000500. The molecule has 0 rings (SSSR count). The summed E-state index contributed by atoms with van der Waals surface area (Å²) in [4.78, 5) is 0. The molecule has 0 aliphatic heterocycles. The lowest BCUT2D eigenvalue weighted by Crippen LogP contribution is -2.41. The minimum Gasteiger partial charge on any atom is -0.449 e. The molecule has 0 saturated heterocycles. The summed E-state index contributed by atoms with van der Waals surface area (Å²) in [6.07, 6.45) is 0. The average molecular weight is 218 g/mol. The fourth-order valence-electron chi connectivity index (χ4n) is 0.761. The van der Waals surface area contributed by atoms with E-state index in [-0.39, 0.29) is 14.9 Å². The Morgan fingerprint density at radius 3 is 1.23 bits per heavy atom. The van der Waals surface area contributed by atoms with E-state index in [0.29, 0.717) is 0 Å². The predicted octanol–water partition coefficient (Wildman–Crippen LogP) is 4.14. The van der Waals surface area contributed by atoms with Crippen molar-refractivity contribution in [1.29, 1.82) is 0 Å². The van der Waals surface area contributed by atoms with Crippen LogP contribution in [-0.4, -0.2) is 16.6 Å². The molecule has 80 valence electrons. The molecule has 1 nitrogen and oxygen atoms in total. The summed E-state index contributed by atoms with van der Waals surface area (Å²) in [5.41, 5.74) is 3.93. The molecular weight excluding hydrogens is 192 g/mol. The first-order valence-corrected chi connectivity index (χ1v) is 9.77. The highest BCUT2D eigenvalue weighted by molar-refractivity contribution is 6.89. The molecule has 0 heterocycles. The highest BCUT2D eigenvalue weighted by Crippen LogP contribution is 2.15. The van der Waals surface area contributed by atoms with Crippen molar-refractivity contribution >= 4 is 16.6 Å². The lowest BCUT2D eigenvalue weighted by Gasteiger charge is -2.29. The van der Waals surface area contributed by atoms with Crippen LogP contribution in [0.5, 0.6) is 0 Å². The van der Waals surface area contributed by atoms with Crippen molar-refractivity contribution in [3.8, 4) is 0 Å². The monoisotopic (exact) mass is 218 g/mol. The molecule has 0 fully saturated rings. The van der Waals surface area contributed by atoms with Gasteiger partial charge in [0.05, 0.1) is 0 Å². The summed E-state index contributed by atoms with van der Waals surface area (Å²) in [6.45, 7) is 16.2. The van der Waals surface area contributed by atoms with Gasteiger partial charge in [-0.2, -0.15) is 0 Å². The average Bonchev–Trinajstić information content (AvgIpc) is 1.86. The van der Waals surface area contributed by atoms with Crippen LogP contribution in [0.1, 0.15) is 14.9 Å².